The minimum absolute atomic E-state index is 0.0217. The third-order valence-corrected chi connectivity index (χ3v) is 6.99. The van der Waals surface area contributed by atoms with E-state index in [1.54, 1.807) is 6.20 Å². The zero-order valence-corrected chi connectivity index (χ0v) is 19.4. The van der Waals surface area contributed by atoms with Gasteiger partial charge in [0.05, 0.1) is 11.8 Å². The number of ether oxygens (including phenoxy) is 1. The Labute approximate surface area is 194 Å². The minimum Gasteiger partial charge on any atom is -0.373 e. The molecule has 4 heterocycles. The van der Waals surface area contributed by atoms with Gasteiger partial charge in [0.1, 0.15) is 22.2 Å². The van der Waals surface area contributed by atoms with Gasteiger partial charge in [0.25, 0.3) is 0 Å². The molecular weight excluding hydrogens is 444 g/mol. The molecule has 1 aromatic carbocycles. The smallest absolute Gasteiger partial charge is 0.187 e. The lowest BCUT2D eigenvalue weighted by atomic mass is 9.91. The van der Waals surface area contributed by atoms with E-state index in [9.17, 15) is 8.78 Å². The Bertz CT molecular complexity index is 1330. The quantitative estimate of drug-likeness (QED) is 0.398. The molecule has 33 heavy (non-hydrogen) atoms. The number of thiazole rings is 1. The van der Waals surface area contributed by atoms with Crippen molar-refractivity contribution < 1.29 is 13.5 Å². The Morgan fingerprint density at radius 2 is 1.94 bits per heavy atom. The molecule has 1 aliphatic heterocycles. The van der Waals surface area contributed by atoms with Crippen LogP contribution in [0.2, 0.25) is 0 Å². The molecule has 9 heteroatoms. The molecule has 0 unspecified atom stereocenters. The number of benzene rings is 1. The van der Waals surface area contributed by atoms with Crippen LogP contribution in [0.1, 0.15) is 41.9 Å². The van der Waals surface area contributed by atoms with E-state index in [-0.39, 0.29) is 17.6 Å². The van der Waals surface area contributed by atoms with Gasteiger partial charge in [-0.25, -0.2) is 18.7 Å². The van der Waals surface area contributed by atoms with E-state index in [1.165, 1.54) is 23.5 Å². The first-order chi connectivity index (χ1) is 15.9. The number of anilines is 1. The normalized spacial score (nSPS) is 18.6. The fourth-order valence-corrected chi connectivity index (χ4v) is 5.03. The largest absolute Gasteiger partial charge is 0.373 e. The van der Waals surface area contributed by atoms with Gasteiger partial charge < -0.3 is 9.64 Å². The molecule has 0 aliphatic carbocycles. The van der Waals surface area contributed by atoms with Crippen molar-refractivity contribution in [2.24, 2.45) is 0 Å². The van der Waals surface area contributed by atoms with Crippen molar-refractivity contribution in [3.8, 4) is 11.3 Å². The molecule has 3 aromatic heterocycles. The Morgan fingerprint density at radius 1 is 1.09 bits per heavy atom. The second-order valence-electron chi connectivity index (χ2n) is 8.41. The lowest BCUT2D eigenvalue weighted by molar-refractivity contribution is 0.00394. The van der Waals surface area contributed by atoms with Crippen LogP contribution in [-0.2, 0) is 4.74 Å². The van der Waals surface area contributed by atoms with E-state index >= 15 is 0 Å². The molecule has 1 aliphatic rings. The standard InChI is InChI=1S/C24H23F2N5OS/c1-13-10-14(6-8-27-13)19-11-15(7-9-32-19)22-28-20(17-5-4-16(25)12-18(17)26)21-23(29-22)30-24(33-21)31(2)3/h4-6,8,10,12,15,19H,7,9,11H2,1-3H3/t15-,19+/m1/s1. The van der Waals surface area contributed by atoms with E-state index in [0.717, 1.165) is 28.9 Å². The SMILES string of the molecule is Cc1cc([C@@H]2C[C@H](c3nc(-c4ccc(F)cc4F)c4sc(N(C)C)nc4n3)CCO2)ccn1. The molecule has 1 saturated heterocycles. The van der Waals surface area contributed by atoms with Gasteiger partial charge in [0.15, 0.2) is 10.8 Å². The first kappa shape index (κ1) is 21.8. The summed E-state index contributed by atoms with van der Waals surface area (Å²) in [6.07, 6.45) is 3.14. The number of hydrogen-bond donors (Lipinski definition) is 0. The highest BCUT2D eigenvalue weighted by Crippen LogP contribution is 2.40. The summed E-state index contributed by atoms with van der Waals surface area (Å²) in [5, 5.41) is 0.748. The monoisotopic (exact) mass is 467 g/mol. The molecule has 4 aromatic rings. The molecule has 2 atom stereocenters. The molecule has 0 amide bonds. The van der Waals surface area contributed by atoms with Crippen LogP contribution in [0.15, 0.2) is 36.5 Å². The van der Waals surface area contributed by atoms with Gasteiger partial charge in [-0.1, -0.05) is 11.3 Å². The highest BCUT2D eigenvalue weighted by atomic mass is 32.1. The van der Waals surface area contributed by atoms with Crippen LogP contribution in [0.25, 0.3) is 21.6 Å². The number of aryl methyl sites for hydroxylation is 1. The Hall–Kier alpha value is -3.04. The van der Waals surface area contributed by atoms with Gasteiger partial charge >= 0.3 is 0 Å². The summed E-state index contributed by atoms with van der Waals surface area (Å²) >= 11 is 1.39. The predicted molar refractivity (Wildman–Crippen MR) is 125 cm³/mol. The van der Waals surface area contributed by atoms with Gasteiger partial charge in [-0.3, -0.25) is 4.98 Å². The van der Waals surface area contributed by atoms with Crippen molar-refractivity contribution >= 4 is 26.8 Å². The zero-order chi connectivity index (χ0) is 23.1. The lowest BCUT2D eigenvalue weighted by Crippen LogP contribution is -2.20. The molecule has 0 radical (unpaired) electrons. The summed E-state index contributed by atoms with van der Waals surface area (Å²) in [7, 11) is 3.79. The molecule has 0 saturated carbocycles. The first-order valence-corrected chi connectivity index (χ1v) is 11.6. The van der Waals surface area contributed by atoms with Crippen LogP contribution in [0.4, 0.5) is 13.9 Å². The number of pyridine rings is 1. The Balaban J connectivity index is 1.59. The zero-order valence-electron chi connectivity index (χ0n) is 18.5. The van der Waals surface area contributed by atoms with E-state index in [1.807, 2.05) is 38.1 Å². The van der Waals surface area contributed by atoms with Crippen molar-refractivity contribution in [2.75, 3.05) is 25.6 Å². The highest BCUT2D eigenvalue weighted by molar-refractivity contribution is 7.22. The van der Waals surface area contributed by atoms with Crippen LogP contribution >= 0.6 is 11.3 Å². The Morgan fingerprint density at radius 3 is 2.70 bits per heavy atom. The van der Waals surface area contributed by atoms with E-state index in [0.29, 0.717) is 34.9 Å². The lowest BCUT2D eigenvalue weighted by Gasteiger charge is -2.29. The van der Waals surface area contributed by atoms with Crippen molar-refractivity contribution in [2.45, 2.75) is 31.8 Å². The number of rotatable bonds is 4. The second-order valence-corrected chi connectivity index (χ2v) is 9.39. The number of halogens is 2. The van der Waals surface area contributed by atoms with Crippen LogP contribution in [-0.4, -0.2) is 40.6 Å². The second kappa shape index (κ2) is 8.72. The summed E-state index contributed by atoms with van der Waals surface area (Å²) in [5.74, 6) is -0.651. The molecule has 170 valence electrons. The predicted octanol–water partition coefficient (Wildman–Crippen LogP) is 5.44. The summed E-state index contributed by atoms with van der Waals surface area (Å²) in [4.78, 5) is 20.4. The average Bonchev–Trinajstić information content (AvgIpc) is 3.24. The van der Waals surface area contributed by atoms with E-state index in [4.69, 9.17) is 14.7 Å². The third-order valence-electron chi connectivity index (χ3n) is 5.77. The summed E-state index contributed by atoms with van der Waals surface area (Å²) in [6, 6.07) is 7.55. The Kier molecular flexibility index (Phi) is 5.76. The van der Waals surface area contributed by atoms with Gasteiger partial charge in [-0.2, -0.15) is 4.98 Å². The fraction of sp³-hybridized carbons (Fsp3) is 0.333. The number of aromatic nitrogens is 4. The van der Waals surface area contributed by atoms with Crippen molar-refractivity contribution in [3.05, 3.63) is 65.2 Å². The molecule has 0 bridgehead atoms. The van der Waals surface area contributed by atoms with E-state index < -0.39 is 11.6 Å². The van der Waals surface area contributed by atoms with Crippen LogP contribution < -0.4 is 4.90 Å². The first-order valence-electron chi connectivity index (χ1n) is 10.7. The molecule has 0 spiro atoms. The third kappa shape index (κ3) is 4.30. The molecular formula is C24H23F2N5OS. The van der Waals surface area contributed by atoms with E-state index in [2.05, 4.69) is 9.97 Å². The van der Waals surface area contributed by atoms with Crippen LogP contribution in [0, 0.1) is 18.6 Å². The summed E-state index contributed by atoms with van der Waals surface area (Å²) in [6.45, 7) is 2.52. The van der Waals surface area contributed by atoms with Gasteiger partial charge in [-0.05, 0) is 49.6 Å². The van der Waals surface area contributed by atoms with Gasteiger partial charge in [0, 0.05) is 50.1 Å². The fourth-order valence-electron chi connectivity index (χ4n) is 4.10. The van der Waals surface area contributed by atoms with Crippen molar-refractivity contribution in [1.82, 2.24) is 19.9 Å². The highest BCUT2D eigenvalue weighted by Gasteiger charge is 2.29. The maximum absolute atomic E-state index is 14.8. The summed E-state index contributed by atoms with van der Waals surface area (Å²) < 4.78 is 35.1. The van der Waals surface area contributed by atoms with Crippen LogP contribution in [0.3, 0.4) is 0 Å². The average molecular weight is 468 g/mol. The number of nitrogens with zero attached hydrogens (tertiary/aromatic N) is 5. The maximum atomic E-state index is 14.8. The van der Waals surface area contributed by atoms with Crippen molar-refractivity contribution in [3.63, 3.8) is 0 Å². The number of hydrogen-bond acceptors (Lipinski definition) is 7. The number of fused-ring (bicyclic) bond motifs is 1. The molecule has 6 nitrogen and oxygen atoms in total. The molecule has 0 N–H and O–H groups in total. The summed E-state index contributed by atoms with van der Waals surface area (Å²) in [5.41, 5.74) is 3.22. The minimum atomic E-state index is -0.655. The van der Waals surface area contributed by atoms with Gasteiger partial charge in [-0.15, -0.1) is 0 Å². The molecule has 1 fully saturated rings. The topological polar surface area (TPSA) is 64.0 Å². The van der Waals surface area contributed by atoms with Crippen molar-refractivity contribution in [1.29, 1.82) is 0 Å². The molecule has 5 rings (SSSR count). The maximum Gasteiger partial charge on any atom is 0.187 e. The van der Waals surface area contributed by atoms with Crippen LogP contribution in [0.5, 0.6) is 0 Å². The van der Waals surface area contributed by atoms with Gasteiger partial charge in [0.2, 0.25) is 0 Å².